The van der Waals surface area contributed by atoms with Gasteiger partial charge in [-0.15, -0.1) is 5.10 Å². The molecule has 1 aromatic heterocycles. The van der Waals surface area contributed by atoms with Crippen molar-refractivity contribution >= 4 is 28.3 Å². The molecule has 1 fully saturated rings. The van der Waals surface area contributed by atoms with Crippen LogP contribution in [0.25, 0.3) is 0 Å². The summed E-state index contributed by atoms with van der Waals surface area (Å²) in [6, 6.07) is 0.0475. The van der Waals surface area contributed by atoms with Gasteiger partial charge < -0.3 is 15.1 Å². The SMILES string of the molecule is CCCNc1snnc1CN1CCN(C(C)C)C(=O)C1=O. The van der Waals surface area contributed by atoms with Crippen molar-refractivity contribution in [1.82, 2.24) is 19.4 Å². The van der Waals surface area contributed by atoms with Gasteiger partial charge in [0.2, 0.25) is 0 Å². The first kappa shape index (κ1) is 15.7. The minimum absolute atomic E-state index is 0.0475. The van der Waals surface area contributed by atoms with Crippen LogP contribution in [0, 0.1) is 0 Å². The molecule has 1 aliphatic heterocycles. The van der Waals surface area contributed by atoms with Crippen molar-refractivity contribution in [3.05, 3.63) is 5.69 Å². The quantitative estimate of drug-likeness (QED) is 0.791. The van der Waals surface area contributed by atoms with Gasteiger partial charge in [-0.05, 0) is 20.3 Å². The van der Waals surface area contributed by atoms with Crippen LogP contribution < -0.4 is 5.32 Å². The smallest absolute Gasteiger partial charge is 0.312 e. The highest BCUT2D eigenvalue weighted by Gasteiger charge is 2.34. The van der Waals surface area contributed by atoms with Gasteiger partial charge >= 0.3 is 11.8 Å². The Morgan fingerprint density at radius 2 is 2.05 bits per heavy atom. The summed E-state index contributed by atoms with van der Waals surface area (Å²) in [5.41, 5.74) is 0.729. The molecule has 0 bridgehead atoms. The van der Waals surface area contributed by atoms with E-state index < -0.39 is 11.8 Å². The molecule has 2 heterocycles. The lowest BCUT2D eigenvalue weighted by Crippen LogP contribution is -2.55. The highest BCUT2D eigenvalue weighted by Crippen LogP contribution is 2.20. The molecule has 21 heavy (non-hydrogen) atoms. The number of amides is 2. The van der Waals surface area contributed by atoms with Crippen LogP contribution in [0.1, 0.15) is 32.9 Å². The number of rotatable bonds is 6. The zero-order chi connectivity index (χ0) is 15.4. The van der Waals surface area contributed by atoms with E-state index in [2.05, 4.69) is 21.8 Å². The Labute approximate surface area is 128 Å². The summed E-state index contributed by atoms with van der Waals surface area (Å²) in [5, 5.41) is 8.19. The lowest BCUT2D eigenvalue weighted by atomic mass is 10.2. The van der Waals surface area contributed by atoms with E-state index in [4.69, 9.17) is 0 Å². The fourth-order valence-electron chi connectivity index (χ4n) is 2.20. The molecule has 0 saturated carbocycles. The van der Waals surface area contributed by atoms with Crippen LogP contribution >= 0.6 is 11.5 Å². The number of carbonyl (C=O) groups is 2. The van der Waals surface area contributed by atoms with Crippen LogP contribution in [0.15, 0.2) is 0 Å². The van der Waals surface area contributed by atoms with E-state index in [1.807, 2.05) is 13.8 Å². The summed E-state index contributed by atoms with van der Waals surface area (Å²) < 4.78 is 3.92. The molecule has 7 nitrogen and oxygen atoms in total. The number of aromatic nitrogens is 2. The summed E-state index contributed by atoms with van der Waals surface area (Å²) in [5.74, 6) is -0.883. The molecule has 0 aliphatic carbocycles. The monoisotopic (exact) mass is 311 g/mol. The van der Waals surface area contributed by atoms with Crippen molar-refractivity contribution < 1.29 is 9.59 Å². The molecule has 2 rings (SSSR count). The molecule has 2 amide bonds. The summed E-state index contributed by atoms with van der Waals surface area (Å²) in [4.78, 5) is 27.4. The molecule has 1 saturated heterocycles. The van der Waals surface area contributed by atoms with Crippen molar-refractivity contribution in [3.63, 3.8) is 0 Å². The summed E-state index contributed by atoms with van der Waals surface area (Å²) in [6.07, 6.45) is 1.00. The summed E-state index contributed by atoms with van der Waals surface area (Å²) in [6.45, 7) is 8.18. The van der Waals surface area contributed by atoms with Gasteiger partial charge in [0.05, 0.1) is 6.54 Å². The van der Waals surface area contributed by atoms with Crippen LogP contribution in [-0.2, 0) is 16.1 Å². The minimum atomic E-state index is -0.454. The van der Waals surface area contributed by atoms with Gasteiger partial charge in [0.25, 0.3) is 0 Å². The van der Waals surface area contributed by atoms with Gasteiger partial charge in [-0.2, -0.15) is 0 Å². The van der Waals surface area contributed by atoms with Gasteiger partial charge in [-0.25, -0.2) is 0 Å². The van der Waals surface area contributed by atoms with E-state index in [1.54, 1.807) is 9.80 Å². The Bertz CT molecular complexity index is 516. The molecule has 8 heteroatoms. The lowest BCUT2D eigenvalue weighted by molar-refractivity contribution is -0.157. The highest BCUT2D eigenvalue weighted by molar-refractivity contribution is 7.10. The van der Waals surface area contributed by atoms with E-state index in [9.17, 15) is 9.59 Å². The molecule has 0 unspecified atom stereocenters. The Kier molecular flexibility index (Phi) is 5.11. The van der Waals surface area contributed by atoms with E-state index in [-0.39, 0.29) is 6.04 Å². The lowest BCUT2D eigenvalue weighted by Gasteiger charge is -2.35. The van der Waals surface area contributed by atoms with Gasteiger partial charge in [-0.3, -0.25) is 9.59 Å². The number of carbonyl (C=O) groups excluding carboxylic acids is 2. The maximum Gasteiger partial charge on any atom is 0.312 e. The van der Waals surface area contributed by atoms with Gasteiger partial charge in [0.15, 0.2) is 0 Å². The van der Waals surface area contributed by atoms with Crippen molar-refractivity contribution in [1.29, 1.82) is 0 Å². The number of hydrogen-bond acceptors (Lipinski definition) is 6. The van der Waals surface area contributed by atoms with E-state index >= 15 is 0 Å². The van der Waals surface area contributed by atoms with Crippen LogP contribution in [0.5, 0.6) is 0 Å². The molecule has 116 valence electrons. The first-order valence-electron chi connectivity index (χ1n) is 7.19. The molecule has 0 spiro atoms. The highest BCUT2D eigenvalue weighted by atomic mass is 32.1. The predicted octanol–water partition coefficient (Wildman–Crippen LogP) is 0.939. The van der Waals surface area contributed by atoms with Crippen molar-refractivity contribution in [2.45, 2.75) is 39.8 Å². The average Bonchev–Trinajstić information content (AvgIpc) is 2.88. The number of piperazine rings is 1. The number of nitrogens with one attached hydrogen (secondary N) is 1. The van der Waals surface area contributed by atoms with Gasteiger partial charge in [-0.1, -0.05) is 11.4 Å². The summed E-state index contributed by atoms with van der Waals surface area (Å²) >= 11 is 1.28. The molecule has 1 aromatic rings. The standard InChI is InChI=1S/C13H21N5O2S/c1-4-5-14-11-10(15-16-21-11)8-17-6-7-18(9(2)3)13(20)12(17)19/h9,14H,4-8H2,1-3H3. The van der Waals surface area contributed by atoms with E-state index in [0.29, 0.717) is 19.6 Å². The molecular formula is C13H21N5O2S. The maximum absolute atomic E-state index is 12.2. The third-order valence-corrected chi connectivity index (χ3v) is 4.12. The second kappa shape index (κ2) is 6.84. The molecule has 0 atom stereocenters. The minimum Gasteiger partial charge on any atom is -0.374 e. The number of nitrogens with zero attached hydrogens (tertiary/aromatic N) is 4. The molecule has 1 N–H and O–H groups in total. The van der Waals surface area contributed by atoms with Crippen molar-refractivity contribution in [3.8, 4) is 0 Å². The number of hydrogen-bond donors (Lipinski definition) is 1. The van der Waals surface area contributed by atoms with Gasteiger partial charge in [0, 0.05) is 37.2 Å². The van der Waals surface area contributed by atoms with Gasteiger partial charge in [0.1, 0.15) is 10.7 Å². The molecular weight excluding hydrogens is 290 g/mol. The Morgan fingerprint density at radius 3 is 2.71 bits per heavy atom. The molecule has 0 radical (unpaired) electrons. The zero-order valence-corrected chi connectivity index (χ0v) is 13.4. The fraction of sp³-hybridized carbons (Fsp3) is 0.692. The molecule has 0 aromatic carbocycles. The second-order valence-electron chi connectivity index (χ2n) is 5.29. The third-order valence-electron chi connectivity index (χ3n) is 3.40. The van der Waals surface area contributed by atoms with Crippen LogP contribution in [0.2, 0.25) is 0 Å². The first-order valence-corrected chi connectivity index (χ1v) is 7.96. The summed E-state index contributed by atoms with van der Waals surface area (Å²) in [7, 11) is 0. The maximum atomic E-state index is 12.2. The normalized spacial score (nSPS) is 16.0. The van der Waals surface area contributed by atoms with Crippen LogP contribution in [-0.4, -0.2) is 56.9 Å². The first-order chi connectivity index (χ1) is 10.0. The van der Waals surface area contributed by atoms with Crippen LogP contribution in [0.4, 0.5) is 5.00 Å². The van der Waals surface area contributed by atoms with E-state index in [1.165, 1.54) is 11.5 Å². The average molecular weight is 311 g/mol. The third kappa shape index (κ3) is 3.49. The fourth-order valence-corrected chi connectivity index (χ4v) is 2.80. The molecule has 1 aliphatic rings. The van der Waals surface area contributed by atoms with Crippen LogP contribution in [0.3, 0.4) is 0 Å². The Hall–Kier alpha value is -1.70. The van der Waals surface area contributed by atoms with Crippen molar-refractivity contribution in [2.75, 3.05) is 25.0 Å². The second-order valence-corrected chi connectivity index (χ2v) is 6.05. The number of anilines is 1. The Morgan fingerprint density at radius 1 is 1.29 bits per heavy atom. The van der Waals surface area contributed by atoms with E-state index in [0.717, 1.165) is 23.7 Å². The van der Waals surface area contributed by atoms with Crippen molar-refractivity contribution in [2.24, 2.45) is 0 Å². The largest absolute Gasteiger partial charge is 0.374 e. The topological polar surface area (TPSA) is 78.4 Å². The predicted molar refractivity (Wildman–Crippen MR) is 81.0 cm³/mol. The zero-order valence-electron chi connectivity index (χ0n) is 12.6. The Balaban J connectivity index is 2.03.